The number of pyridine rings is 1. The number of fused-ring (bicyclic) bond motifs is 2. The lowest BCUT2D eigenvalue weighted by atomic mass is 9.78. The summed E-state index contributed by atoms with van der Waals surface area (Å²) in [4.78, 5) is 62.2. The van der Waals surface area contributed by atoms with Crippen molar-refractivity contribution in [2.24, 2.45) is 23.7 Å². The molecule has 14 heteroatoms. The molecule has 4 N–H and O–H groups in total. The third-order valence-electron chi connectivity index (χ3n) is 12.7. The molecule has 2 saturated carbocycles. The fourth-order valence-electron chi connectivity index (χ4n) is 9.76. The number of methoxy groups -OCH3 is 1. The second kappa shape index (κ2) is 16.1. The topological polar surface area (TPSA) is 176 Å². The standard InChI is InChI=1S/C45H50N8O6/c1-26(2)39(52-44(56)57-3)43(55)53-25-45(58-17-18-59-45)20-36(53)40-47-23-34(50-40)30-10-6-28(7-11-30)29-8-12-31(13-9-29)35-24-48-41(51-35)37-32-14-15-33(19-32)38(37)42(54)49-22-27-5-4-16-46-21-27/h4-13,16,21,23-24,26,32-33,36-39H,14-15,17-20,22,25H2,1-3H3,(H,47,50)(H,48,51)(H,49,54)(H,52,56)/t32?,33?,36-,37?,38-,39?/m0/s1. The molecular weight excluding hydrogens is 749 g/mol. The number of benzene rings is 2. The van der Waals surface area contributed by atoms with Crippen LogP contribution in [0.3, 0.4) is 0 Å². The summed E-state index contributed by atoms with van der Waals surface area (Å²) in [7, 11) is 1.28. The van der Waals surface area contributed by atoms with Crippen LogP contribution in [-0.2, 0) is 30.3 Å². The number of aromatic nitrogens is 5. The Morgan fingerprint density at radius 2 is 1.49 bits per heavy atom. The Bertz CT molecular complexity index is 2280. The van der Waals surface area contributed by atoms with E-state index in [4.69, 9.17) is 24.2 Å². The summed E-state index contributed by atoms with van der Waals surface area (Å²) >= 11 is 0. The van der Waals surface area contributed by atoms with E-state index in [0.717, 1.165) is 64.3 Å². The maximum absolute atomic E-state index is 14.0. The summed E-state index contributed by atoms with van der Waals surface area (Å²) in [5.41, 5.74) is 6.87. The smallest absolute Gasteiger partial charge is 0.407 e. The quantitative estimate of drug-likeness (QED) is 0.118. The number of amides is 3. The van der Waals surface area contributed by atoms with E-state index in [1.54, 1.807) is 23.5 Å². The van der Waals surface area contributed by atoms with Gasteiger partial charge in [-0.05, 0) is 70.9 Å². The van der Waals surface area contributed by atoms with Crippen LogP contribution >= 0.6 is 0 Å². The van der Waals surface area contributed by atoms with Crippen molar-refractivity contribution >= 4 is 17.9 Å². The Kier molecular flexibility index (Phi) is 10.5. The number of likely N-dealkylation sites (tertiary alicyclic amines) is 1. The lowest BCUT2D eigenvalue weighted by molar-refractivity contribution is -0.153. The normalized spacial score (nSPS) is 23.5. The molecule has 6 atom stereocenters. The molecule has 5 heterocycles. The highest BCUT2D eigenvalue weighted by Crippen LogP contribution is 2.56. The molecule has 0 radical (unpaired) electrons. The van der Waals surface area contributed by atoms with Crippen LogP contribution in [0.5, 0.6) is 0 Å². The molecule has 2 aromatic carbocycles. The summed E-state index contributed by atoms with van der Waals surface area (Å²) in [6.07, 6.45) is 10.3. The molecule has 4 fully saturated rings. The molecule has 4 unspecified atom stereocenters. The maximum atomic E-state index is 14.0. The Morgan fingerprint density at radius 1 is 0.864 bits per heavy atom. The summed E-state index contributed by atoms with van der Waals surface area (Å²) in [5.74, 6) is 1.11. The van der Waals surface area contributed by atoms with Gasteiger partial charge in [0.05, 0.1) is 62.6 Å². The summed E-state index contributed by atoms with van der Waals surface area (Å²) in [6, 6.07) is 19.3. The van der Waals surface area contributed by atoms with Crippen LogP contribution in [0.15, 0.2) is 85.5 Å². The first-order chi connectivity index (χ1) is 28.7. The first-order valence-corrected chi connectivity index (χ1v) is 20.6. The number of aromatic amines is 2. The summed E-state index contributed by atoms with van der Waals surface area (Å²) < 4.78 is 16.9. The van der Waals surface area contributed by atoms with Gasteiger partial charge in [-0.25, -0.2) is 14.8 Å². The molecule has 4 aliphatic rings. The van der Waals surface area contributed by atoms with E-state index >= 15 is 0 Å². The first kappa shape index (κ1) is 38.6. The van der Waals surface area contributed by atoms with Gasteiger partial charge in [0.15, 0.2) is 5.79 Å². The fourth-order valence-corrected chi connectivity index (χ4v) is 9.76. The van der Waals surface area contributed by atoms with Gasteiger partial charge in [-0.3, -0.25) is 14.6 Å². The zero-order valence-corrected chi connectivity index (χ0v) is 33.5. The predicted octanol–water partition coefficient (Wildman–Crippen LogP) is 6.37. The molecular formula is C45H50N8O6. The number of hydrogen-bond acceptors (Lipinski definition) is 9. The van der Waals surface area contributed by atoms with Crippen LogP contribution in [0.25, 0.3) is 33.6 Å². The van der Waals surface area contributed by atoms with Gasteiger partial charge in [0.1, 0.15) is 17.7 Å². The average molecular weight is 799 g/mol. The van der Waals surface area contributed by atoms with Gasteiger partial charge in [0.2, 0.25) is 11.8 Å². The van der Waals surface area contributed by atoms with Gasteiger partial charge in [0, 0.05) is 31.3 Å². The average Bonchev–Trinajstić information content (AvgIpc) is 4.14. The molecule has 306 valence electrons. The molecule has 3 amide bonds. The predicted molar refractivity (Wildman–Crippen MR) is 218 cm³/mol. The second-order valence-electron chi connectivity index (χ2n) is 16.6. The van der Waals surface area contributed by atoms with Gasteiger partial charge in [-0.15, -0.1) is 0 Å². The molecule has 2 aliphatic heterocycles. The van der Waals surface area contributed by atoms with E-state index in [9.17, 15) is 14.4 Å². The van der Waals surface area contributed by atoms with Gasteiger partial charge < -0.3 is 39.7 Å². The number of rotatable bonds is 11. The Balaban J connectivity index is 0.874. The number of carbonyl (C=O) groups is 3. The molecule has 9 rings (SSSR count). The largest absolute Gasteiger partial charge is 0.453 e. The molecule has 3 aromatic heterocycles. The lowest BCUT2D eigenvalue weighted by Gasteiger charge is -2.30. The van der Waals surface area contributed by atoms with Crippen molar-refractivity contribution in [1.29, 1.82) is 0 Å². The third-order valence-corrected chi connectivity index (χ3v) is 12.7. The summed E-state index contributed by atoms with van der Waals surface area (Å²) in [6.45, 7) is 5.35. The Hall–Kier alpha value is -5.86. The number of alkyl carbamates (subject to hydrolysis) is 1. The lowest BCUT2D eigenvalue weighted by Crippen LogP contribution is -2.52. The molecule has 5 aromatic rings. The van der Waals surface area contributed by atoms with Crippen LogP contribution in [-0.4, -0.2) is 86.4 Å². The highest BCUT2D eigenvalue weighted by Gasteiger charge is 2.54. The van der Waals surface area contributed by atoms with Gasteiger partial charge in [-0.1, -0.05) is 68.4 Å². The number of nitrogens with zero attached hydrogens (tertiary/aromatic N) is 4. The molecule has 59 heavy (non-hydrogen) atoms. The summed E-state index contributed by atoms with van der Waals surface area (Å²) in [5, 5.41) is 5.88. The van der Waals surface area contributed by atoms with Crippen LogP contribution < -0.4 is 10.6 Å². The molecule has 2 bridgehead atoms. The minimum atomic E-state index is -0.922. The monoisotopic (exact) mass is 798 g/mol. The number of ether oxygens (including phenoxy) is 3. The van der Waals surface area contributed by atoms with E-state index in [-0.39, 0.29) is 36.1 Å². The van der Waals surface area contributed by atoms with Crippen molar-refractivity contribution in [3.05, 3.63) is 103 Å². The van der Waals surface area contributed by atoms with Gasteiger partial charge >= 0.3 is 6.09 Å². The number of H-pyrrole nitrogens is 2. The highest BCUT2D eigenvalue weighted by molar-refractivity contribution is 5.86. The van der Waals surface area contributed by atoms with Crippen molar-refractivity contribution < 1.29 is 28.6 Å². The van der Waals surface area contributed by atoms with E-state index in [0.29, 0.717) is 43.8 Å². The number of carbonyl (C=O) groups excluding carboxylic acids is 3. The molecule has 14 nitrogen and oxygen atoms in total. The first-order valence-electron chi connectivity index (χ1n) is 20.6. The van der Waals surface area contributed by atoms with E-state index < -0.39 is 24.0 Å². The van der Waals surface area contributed by atoms with Crippen molar-refractivity contribution in [1.82, 2.24) is 40.5 Å². The van der Waals surface area contributed by atoms with Crippen molar-refractivity contribution in [2.75, 3.05) is 26.9 Å². The van der Waals surface area contributed by atoms with Crippen molar-refractivity contribution in [3.63, 3.8) is 0 Å². The zero-order valence-electron chi connectivity index (χ0n) is 33.5. The van der Waals surface area contributed by atoms with Gasteiger partial charge in [-0.2, -0.15) is 0 Å². The second-order valence-corrected chi connectivity index (χ2v) is 16.6. The van der Waals surface area contributed by atoms with Crippen LogP contribution in [0.4, 0.5) is 4.79 Å². The maximum Gasteiger partial charge on any atom is 0.407 e. The highest BCUT2D eigenvalue weighted by atomic mass is 16.7. The van der Waals surface area contributed by atoms with Gasteiger partial charge in [0.25, 0.3) is 0 Å². The van der Waals surface area contributed by atoms with Crippen molar-refractivity contribution in [3.8, 4) is 33.6 Å². The van der Waals surface area contributed by atoms with Crippen LogP contribution in [0, 0.1) is 23.7 Å². The number of imidazole rings is 2. The molecule has 2 saturated heterocycles. The number of nitrogens with one attached hydrogen (secondary N) is 4. The SMILES string of the molecule is COC(=O)NC(C(=O)N1CC2(C[C@H]1c1ncc(-c3ccc(-c4ccc(-c5cnc(C6C7CCC(C7)[C@@H]6C(=O)NCc6cccnc6)[nH]5)cc4)cc3)[nH]1)OCCO2)C(C)C. The van der Waals surface area contributed by atoms with Crippen molar-refractivity contribution in [2.45, 2.75) is 69.9 Å². The van der Waals surface area contributed by atoms with Crippen LogP contribution in [0.2, 0.25) is 0 Å². The van der Waals surface area contributed by atoms with Crippen LogP contribution in [0.1, 0.15) is 68.7 Å². The fraction of sp³-hybridized carbons (Fsp3) is 0.422. The number of hydrogen-bond donors (Lipinski definition) is 4. The van der Waals surface area contributed by atoms with E-state index in [1.165, 1.54) is 7.11 Å². The zero-order chi connectivity index (χ0) is 40.7. The minimum absolute atomic E-state index is 0.0827. The Morgan fingerprint density at radius 3 is 2.12 bits per heavy atom. The molecule has 1 spiro atoms. The van der Waals surface area contributed by atoms with E-state index in [2.05, 4.69) is 74.1 Å². The van der Waals surface area contributed by atoms with E-state index in [1.807, 2.05) is 32.2 Å². The third kappa shape index (κ3) is 7.62. The minimum Gasteiger partial charge on any atom is -0.453 e. The molecule has 2 aliphatic carbocycles. The Labute approximate surface area is 342 Å².